The molecule has 0 amide bonds. The quantitative estimate of drug-likeness (QED) is 0.508. The number of carboxylic acids is 2. The molecule has 0 unspecified atom stereocenters. The predicted octanol–water partition coefficient (Wildman–Crippen LogP) is 1.39. The molecule has 0 fully saturated rings. The first-order valence-electron chi connectivity index (χ1n) is 4.36. The van der Waals surface area contributed by atoms with Crippen LogP contribution in [-0.4, -0.2) is 57.3 Å². The number of alkyl halides is 6. The van der Waals surface area contributed by atoms with E-state index in [2.05, 4.69) is 0 Å². The molecule has 0 radical (unpaired) electrons. The number of rotatable bonds is 4. The second-order valence-corrected chi connectivity index (χ2v) is 8.01. The summed E-state index contributed by atoms with van der Waals surface area (Å²) in [5, 5.41) is 19.5. The minimum absolute atomic E-state index is 0. The number of carbonyl (C=O) groups excluding carboxylic acids is 2. The summed E-state index contributed by atoms with van der Waals surface area (Å²) in [6.45, 7) is 0. The molecule has 0 aliphatic rings. The Hall–Kier alpha value is 1.94. The molecule has 0 aliphatic carbocycles. The molecule has 108 valence electrons. The normalized spacial score (nSPS) is 10.8. The number of carboxylic acid groups (broad SMARTS) is 2. The zero-order valence-electron chi connectivity index (χ0n) is 9.44. The van der Waals surface area contributed by atoms with E-state index in [1.54, 1.807) is 0 Å². The molecule has 0 saturated carbocycles. The van der Waals surface area contributed by atoms with Gasteiger partial charge in [0.05, 0.1) is 0 Å². The molecule has 0 aromatic heterocycles. The molecular weight excluding hydrogens is 413 g/mol. The Morgan fingerprint density at radius 2 is 0.947 bits per heavy atom. The fourth-order valence-electron chi connectivity index (χ4n) is 0.488. The summed E-state index contributed by atoms with van der Waals surface area (Å²) in [6.07, 6.45) is -0.479. The third kappa shape index (κ3) is 33.0. The molecule has 0 aliphatic heterocycles. The summed E-state index contributed by atoms with van der Waals surface area (Å²) in [6, 6.07) is 0. The van der Waals surface area contributed by atoms with Gasteiger partial charge in [-0.25, -0.2) is 0 Å². The van der Waals surface area contributed by atoms with Crippen LogP contribution in [0.3, 0.4) is 0 Å². The van der Waals surface area contributed by atoms with Crippen LogP contribution in [0, 0.1) is 0 Å². The van der Waals surface area contributed by atoms with Gasteiger partial charge in [-0.15, -0.1) is 0 Å². The van der Waals surface area contributed by atoms with Crippen LogP contribution < -0.4 is 10.2 Å². The molecule has 0 bridgehead atoms. The second kappa shape index (κ2) is 12.5. The van der Waals surface area contributed by atoms with Crippen LogP contribution in [0.2, 0.25) is 0 Å². The van der Waals surface area contributed by atoms with E-state index in [-0.39, 0.29) is 63.4 Å². The summed E-state index contributed by atoms with van der Waals surface area (Å²) in [7, 11) is 0. The SMILES string of the molecule is O=C([O-])CCC(Cl)(Cl)Cl.O=C([O-])CCC(Cl)(Cl)Cl.[Ca+2]. The molecule has 0 saturated heterocycles. The largest absolute Gasteiger partial charge is 2.00 e. The summed E-state index contributed by atoms with van der Waals surface area (Å²) in [5.74, 6) is -2.41. The Morgan fingerprint density at radius 3 is 1.00 bits per heavy atom. The van der Waals surface area contributed by atoms with Crippen molar-refractivity contribution in [2.45, 2.75) is 33.3 Å². The van der Waals surface area contributed by atoms with E-state index in [4.69, 9.17) is 69.6 Å². The minimum Gasteiger partial charge on any atom is -0.550 e. The Balaban J connectivity index is -0.000000256. The van der Waals surface area contributed by atoms with Gasteiger partial charge in [-0.3, -0.25) is 0 Å². The standard InChI is InChI=1S/2C4H5Cl3O2.Ca/c2*5-4(6,7)2-1-3(8)9;/h2*1-2H2,(H,8,9);/q;;+2/p-2. The van der Waals surface area contributed by atoms with Gasteiger partial charge < -0.3 is 19.8 Å². The van der Waals surface area contributed by atoms with Crippen LogP contribution in [0.15, 0.2) is 0 Å². The minimum atomic E-state index is -1.47. The van der Waals surface area contributed by atoms with E-state index in [0.29, 0.717) is 0 Å². The Bertz CT molecular complexity index is 247. The fraction of sp³-hybridized carbons (Fsp3) is 0.750. The van der Waals surface area contributed by atoms with E-state index in [9.17, 15) is 19.8 Å². The molecular formula is C8H8CaCl6O4. The van der Waals surface area contributed by atoms with Crippen molar-refractivity contribution in [1.29, 1.82) is 0 Å². The summed E-state index contributed by atoms with van der Waals surface area (Å²) < 4.78 is -2.94. The number of hydrogen-bond acceptors (Lipinski definition) is 4. The average molecular weight is 421 g/mol. The van der Waals surface area contributed by atoms with E-state index in [1.165, 1.54) is 0 Å². The van der Waals surface area contributed by atoms with Gasteiger partial charge in [0.15, 0.2) is 7.59 Å². The van der Waals surface area contributed by atoms with Crippen LogP contribution in [0.1, 0.15) is 25.7 Å². The van der Waals surface area contributed by atoms with Crippen LogP contribution in [0.5, 0.6) is 0 Å². The van der Waals surface area contributed by atoms with Gasteiger partial charge in [0.1, 0.15) is 0 Å². The van der Waals surface area contributed by atoms with E-state index in [1.807, 2.05) is 0 Å². The topological polar surface area (TPSA) is 80.3 Å². The molecule has 0 rings (SSSR count). The maximum atomic E-state index is 9.76. The van der Waals surface area contributed by atoms with Crippen molar-refractivity contribution in [3.8, 4) is 0 Å². The molecule has 0 heterocycles. The van der Waals surface area contributed by atoms with Crippen molar-refractivity contribution in [2.75, 3.05) is 0 Å². The number of hydrogen-bond donors (Lipinski definition) is 0. The van der Waals surface area contributed by atoms with Gasteiger partial charge in [-0.05, 0) is 25.7 Å². The van der Waals surface area contributed by atoms with Crippen molar-refractivity contribution < 1.29 is 19.8 Å². The van der Waals surface area contributed by atoms with Gasteiger partial charge in [0.25, 0.3) is 0 Å². The van der Waals surface area contributed by atoms with Gasteiger partial charge >= 0.3 is 37.7 Å². The van der Waals surface area contributed by atoms with Crippen LogP contribution in [0.25, 0.3) is 0 Å². The third-order valence-electron chi connectivity index (χ3n) is 1.23. The number of aliphatic carboxylic acids is 2. The van der Waals surface area contributed by atoms with Gasteiger partial charge in [-0.2, -0.15) is 0 Å². The van der Waals surface area contributed by atoms with Gasteiger partial charge in [0, 0.05) is 11.9 Å². The first-order chi connectivity index (χ1) is 7.83. The van der Waals surface area contributed by atoms with Crippen LogP contribution in [-0.2, 0) is 9.59 Å². The Kier molecular flexibility index (Phi) is 17.0. The Labute approximate surface area is 170 Å². The first kappa shape index (κ1) is 25.9. The maximum absolute atomic E-state index is 9.76. The molecule has 0 aromatic carbocycles. The molecule has 0 spiro atoms. The Morgan fingerprint density at radius 1 is 0.737 bits per heavy atom. The summed E-state index contributed by atoms with van der Waals surface area (Å²) in [4.78, 5) is 19.5. The molecule has 4 nitrogen and oxygen atoms in total. The zero-order valence-corrected chi connectivity index (χ0v) is 16.2. The molecule has 0 aromatic rings. The average Bonchev–Trinajstić information content (AvgIpc) is 2.10. The van der Waals surface area contributed by atoms with Gasteiger partial charge in [0.2, 0.25) is 0 Å². The van der Waals surface area contributed by atoms with Crippen molar-refractivity contribution in [2.24, 2.45) is 0 Å². The predicted molar refractivity (Wildman–Crippen MR) is 74.8 cm³/mol. The molecule has 0 N–H and O–H groups in total. The summed E-state index contributed by atoms with van der Waals surface area (Å²) >= 11 is 31.3. The molecule has 0 atom stereocenters. The fourth-order valence-corrected chi connectivity index (χ4v) is 1.05. The molecule has 11 heteroatoms. The van der Waals surface area contributed by atoms with Crippen molar-refractivity contribution in [1.82, 2.24) is 0 Å². The molecule has 19 heavy (non-hydrogen) atoms. The summed E-state index contributed by atoms with van der Waals surface area (Å²) in [5.41, 5.74) is 0. The second-order valence-electron chi connectivity index (χ2n) is 2.97. The van der Waals surface area contributed by atoms with Crippen LogP contribution >= 0.6 is 69.6 Å². The van der Waals surface area contributed by atoms with E-state index < -0.39 is 19.5 Å². The van der Waals surface area contributed by atoms with Gasteiger partial charge in [-0.1, -0.05) is 69.6 Å². The van der Waals surface area contributed by atoms with E-state index in [0.717, 1.165) is 0 Å². The van der Waals surface area contributed by atoms with E-state index >= 15 is 0 Å². The number of halogens is 6. The third-order valence-corrected chi connectivity index (χ3v) is 2.36. The van der Waals surface area contributed by atoms with Crippen molar-refractivity contribution >= 4 is 119 Å². The number of carbonyl (C=O) groups is 2. The smallest absolute Gasteiger partial charge is 0.550 e. The maximum Gasteiger partial charge on any atom is 2.00 e. The van der Waals surface area contributed by atoms with Crippen LogP contribution in [0.4, 0.5) is 0 Å². The van der Waals surface area contributed by atoms with Crippen molar-refractivity contribution in [3.05, 3.63) is 0 Å². The monoisotopic (exact) mass is 418 g/mol. The first-order valence-corrected chi connectivity index (χ1v) is 6.63. The van der Waals surface area contributed by atoms with Crippen molar-refractivity contribution in [3.63, 3.8) is 0 Å². The zero-order chi connectivity index (χ0) is 15.0.